The van der Waals surface area contributed by atoms with E-state index in [1.165, 1.54) is 57.8 Å². The summed E-state index contributed by atoms with van der Waals surface area (Å²) in [5, 5.41) is 18.3. The summed E-state index contributed by atoms with van der Waals surface area (Å²) in [6.45, 7) is 2.25. The van der Waals surface area contributed by atoms with Gasteiger partial charge >= 0.3 is 5.97 Å². The highest BCUT2D eigenvalue weighted by atomic mass is 32.2. The molecule has 0 aliphatic heterocycles. The topological polar surface area (TPSA) is 57.5 Å². The van der Waals surface area contributed by atoms with Crippen molar-refractivity contribution in [2.45, 2.75) is 90.1 Å². The molecule has 0 fully saturated rings. The molecule has 0 saturated heterocycles. The molecule has 4 heteroatoms. The molecule has 0 heterocycles. The Morgan fingerprint density at radius 3 is 2.00 bits per heavy atom. The molecule has 0 aromatic heterocycles. The summed E-state index contributed by atoms with van der Waals surface area (Å²) >= 11 is 1.54. The number of carbonyl (C=O) groups is 1. The third-order valence-electron chi connectivity index (χ3n) is 3.66. The van der Waals surface area contributed by atoms with E-state index < -0.39 is 5.97 Å². The average molecular weight is 319 g/mol. The van der Waals surface area contributed by atoms with Crippen LogP contribution in [0.25, 0.3) is 0 Å². The summed E-state index contributed by atoms with van der Waals surface area (Å²) < 4.78 is 0. The van der Waals surface area contributed by atoms with Crippen LogP contribution in [0.1, 0.15) is 84.0 Å². The number of hydrogen-bond acceptors (Lipinski definition) is 3. The highest BCUT2D eigenvalue weighted by molar-refractivity contribution is 7.99. The molecule has 0 amide bonds. The van der Waals surface area contributed by atoms with Crippen molar-refractivity contribution in [2.24, 2.45) is 0 Å². The molecule has 0 bridgehead atoms. The molecule has 3 nitrogen and oxygen atoms in total. The van der Waals surface area contributed by atoms with Crippen LogP contribution in [0, 0.1) is 0 Å². The number of aliphatic hydroxyl groups excluding tert-OH is 1. The van der Waals surface area contributed by atoms with E-state index in [0.717, 1.165) is 12.8 Å². The summed E-state index contributed by atoms with van der Waals surface area (Å²) in [6.07, 6.45) is 13.9. The molecule has 0 aliphatic carbocycles. The van der Waals surface area contributed by atoms with Crippen molar-refractivity contribution in [3.05, 3.63) is 0 Å². The number of aliphatic hydroxyl groups is 1. The van der Waals surface area contributed by atoms with E-state index in [9.17, 15) is 9.90 Å². The van der Waals surface area contributed by atoms with E-state index in [1.807, 2.05) is 0 Å². The van der Waals surface area contributed by atoms with Crippen molar-refractivity contribution in [1.29, 1.82) is 0 Å². The van der Waals surface area contributed by atoms with Gasteiger partial charge in [0.25, 0.3) is 0 Å². The Labute approximate surface area is 134 Å². The van der Waals surface area contributed by atoms with Crippen LogP contribution in [-0.2, 0) is 4.79 Å². The molecule has 126 valence electrons. The predicted octanol–water partition coefficient (Wildman–Crippen LogP) is 4.87. The van der Waals surface area contributed by atoms with Crippen molar-refractivity contribution >= 4 is 17.7 Å². The van der Waals surface area contributed by atoms with Gasteiger partial charge in [0.2, 0.25) is 0 Å². The Morgan fingerprint density at radius 1 is 0.952 bits per heavy atom. The molecule has 0 radical (unpaired) electrons. The van der Waals surface area contributed by atoms with Gasteiger partial charge < -0.3 is 10.2 Å². The fraction of sp³-hybridized carbons (Fsp3) is 0.941. The zero-order chi connectivity index (χ0) is 15.8. The second-order valence-corrected chi connectivity index (χ2v) is 6.99. The maximum Gasteiger partial charge on any atom is 0.304 e. The lowest BCUT2D eigenvalue weighted by Gasteiger charge is -2.09. The van der Waals surface area contributed by atoms with Gasteiger partial charge in [0.05, 0.1) is 12.5 Å². The minimum Gasteiger partial charge on any atom is -0.481 e. The van der Waals surface area contributed by atoms with Crippen LogP contribution >= 0.6 is 11.8 Å². The fourth-order valence-electron chi connectivity index (χ4n) is 2.33. The first-order chi connectivity index (χ1) is 10.2. The van der Waals surface area contributed by atoms with Gasteiger partial charge in [-0.2, -0.15) is 11.8 Å². The zero-order valence-electron chi connectivity index (χ0n) is 13.7. The number of rotatable bonds is 16. The third-order valence-corrected chi connectivity index (χ3v) is 4.77. The predicted molar refractivity (Wildman–Crippen MR) is 92.0 cm³/mol. The fourth-order valence-corrected chi connectivity index (χ4v) is 3.25. The number of hydrogen-bond donors (Lipinski definition) is 2. The van der Waals surface area contributed by atoms with E-state index >= 15 is 0 Å². The number of carboxylic acids is 1. The molecule has 0 aromatic carbocycles. The number of thioether (sulfide) groups is 1. The third kappa shape index (κ3) is 17.7. The molecule has 1 atom stereocenters. The standard InChI is InChI=1S/C17H34O3S/c1-2-3-4-5-6-7-8-9-10-11-12-16(18)15-21-14-13-17(19)20/h16,18H,2-15H2,1H3,(H,19,20). The zero-order valence-corrected chi connectivity index (χ0v) is 14.5. The molecule has 2 N–H and O–H groups in total. The Balaban J connectivity index is 3.14. The van der Waals surface area contributed by atoms with Crippen LogP contribution in [0.4, 0.5) is 0 Å². The lowest BCUT2D eigenvalue weighted by molar-refractivity contribution is -0.136. The smallest absolute Gasteiger partial charge is 0.304 e. The van der Waals surface area contributed by atoms with E-state index in [2.05, 4.69) is 6.92 Å². The molecule has 0 saturated carbocycles. The number of aliphatic carboxylic acids is 1. The molecule has 0 rings (SSSR count). The van der Waals surface area contributed by atoms with Crippen LogP contribution in [0.2, 0.25) is 0 Å². The van der Waals surface area contributed by atoms with Crippen molar-refractivity contribution in [3.63, 3.8) is 0 Å². The summed E-state index contributed by atoms with van der Waals surface area (Å²) in [6, 6.07) is 0. The summed E-state index contributed by atoms with van der Waals surface area (Å²) in [7, 11) is 0. The van der Waals surface area contributed by atoms with Crippen LogP contribution in [0.15, 0.2) is 0 Å². The lowest BCUT2D eigenvalue weighted by Crippen LogP contribution is -2.10. The highest BCUT2D eigenvalue weighted by Gasteiger charge is 2.05. The minimum absolute atomic E-state index is 0.190. The quantitative estimate of drug-likeness (QED) is 0.399. The van der Waals surface area contributed by atoms with Gasteiger partial charge in [0.1, 0.15) is 0 Å². The first-order valence-electron chi connectivity index (χ1n) is 8.64. The van der Waals surface area contributed by atoms with Gasteiger partial charge in [-0.3, -0.25) is 4.79 Å². The SMILES string of the molecule is CCCCCCCCCCCCC(O)CSCCC(=O)O. The van der Waals surface area contributed by atoms with Gasteiger partial charge in [-0.05, 0) is 6.42 Å². The Bertz CT molecular complexity index is 234. The Kier molecular flexibility index (Phi) is 16.0. The second kappa shape index (κ2) is 16.2. The summed E-state index contributed by atoms with van der Waals surface area (Å²) in [5.74, 6) is 0.515. The van der Waals surface area contributed by atoms with Gasteiger partial charge in [0.15, 0.2) is 0 Å². The van der Waals surface area contributed by atoms with Crippen molar-refractivity contribution in [1.82, 2.24) is 0 Å². The second-order valence-electron chi connectivity index (χ2n) is 5.84. The van der Waals surface area contributed by atoms with Gasteiger partial charge in [-0.1, -0.05) is 71.1 Å². The maximum atomic E-state index is 10.3. The van der Waals surface area contributed by atoms with Gasteiger partial charge in [0, 0.05) is 11.5 Å². The Morgan fingerprint density at radius 2 is 1.48 bits per heavy atom. The number of unbranched alkanes of at least 4 members (excludes halogenated alkanes) is 9. The van der Waals surface area contributed by atoms with E-state index in [4.69, 9.17) is 5.11 Å². The van der Waals surface area contributed by atoms with Crippen LogP contribution in [0.3, 0.4) is 0 Å². The molecule has 1 unspecified atom stereocenters. The van der Waals surface area contributed by atoms with E-state index in [-0.39, 0.29) is 12.5 Å². The van der Waals surface area contributed by atoms with Crippen LogP contribution in [-0.4, -0.2) is 33.8 Å². The molecular weight excluding hydrogens is 284 g/mol. The summed E-state index contributed by atoms with van der Waals surface area (Å²) in [4.78, 5) is 10.3. The van der Waals surface area contributed by atoms with Crippen molar-refractivity contribution < 1.29 is 15.0 Å². The maximum absolute atomic E-state index is 10.3. The monoisotopic (exact) mass is 318 g/mol. The molecule has 0 spiro atoms. The van der Waals surface area contributed by atoms with Gasteiger partial charge in [-0.25, -0.2) is 0 Å². The first-order valence-corrected chi connectivity index (χ1v) is 9.80. The Hall–Kier alpha value is -0.220. The molecular formula is C17H34O3S. The van der Waals surface area contributed by atoms with Crippen LogP contribution < -0.4 is 0 Å². The summed E-state index contributed by atoms with van der Waals surface area (Å²) in [5.41, 5.74) is 0. The van der Waals surface area contributed by atoms with Crippen molar-refractivity contribution in [3.8, 4) is 0 Å². The van der Waals surface area contributed by atoms with Crippen LogP contribution in [0.5, 0.6) is 0 Å². The van der Waals surface area contributed by atoms with E-state index in [1.54, 1.807) is 11.8 Å². The van der Waals surface area contributed by atoms with E-state index in [0.29, 0.717) is 11.5 Å². The highest BCUT2D eigenvalue weighted by Crippen LogP contribution is 2.14. The normalized spacial score (nSPS) is 12.5. The lowest BCUT2D eigenvalue weighted by atomic mass is 10.1. The largest absolute Gasteiger partial charge is 0.481 e. The first kappa shape index (κ1) is 20.8. The molecule has 0 aliphatic rings. The van der Waals surface area contributed by atoms with Crippen molar-refractivity contribution in [2.75, 3.05) is 11.5 Å². The molecule has 21 heavy (non-hydrogen) atoms. The minimum atomic E-state index is -0.758. The molecule has 0 aromatic rings. The van der Waals surface area contributed by atoms with Gasteiger partial charge in [-0.15, -0.1) is 0 Å². The average Bonchev–Trinajstić information content (AvgIpc) is 2.45. The number of carboxylic acid groups (broad SMARTS) is 1.